The number of anilines is 2. The maximum atomic E-state index is 12.6. The number of nitrogens with one attached hydrogen (secondary N) is 1. The Morgan fingerprint density at radius 3 is 1.81 bits per heavy atom. The molecule has 0 aromatic heterocycles. The summed E-state index contributed by atoms with van der Waals surface area (Å²) in [6.45, 7) is 7.37. The van der Waals surface area contributed by atoms with Crippen LogP contribution in [-0.2, 0) is 10.0 Å². The van der Waals surface area contributed by atoms with Crippen LogP contribution in [0.25, 0.3) is 0 Å². The maximum absolute atomic E-state index is 12.6. The van der Waals surface area contributed by atoms with Crippen molar-refractivity contribution in [3.63, 3.8) is 0 Å². The number of sulfonamides is 1. The van der Waals surface area contributed by atoms with Gasteiger partial charge in [0.25, 0.3) is 10.0 Å². The van der Waals surface area contributed by atoms with Crippen molar-refractivity contribution in [1.29, 1.82) is 0 Å². The Balaban J connectivity index is 2.48. The number of nitrogen functional groups attached to an aromatic ring is 1. The first kappa shape index (κ1) is 15.4. The number of rotatable bonds is 3. The molecule has 2 aromatic carbocycles. The van der Waals surface area contributed by atoms with E-state index in [4.69, 9.17) is 5.73 Å². The van der Waals surface area contributed by atoms with Crippen LogP contribution in [0.1, 0.15) is 22.3 Å². The van der Waals surface area contributed by atoms with Crippen molar-refractivity contribution in [2.75, 3.05) is 10.5 Å². The van der Waals surface area contributed by atoms with Gasteiger partial charge in [0.1, 0.15) is 0 Å². The minimum atomic E-state index is -3.63. The summed E-state index contributed by atoms with van der Waals surface area (Å²) in [7, 11) is -3.63. The lowest BCUT2D eigenvalue weighted by molar-refractivity contribution is 0.600. The van der Waals surface area contributed by atoms with E-state index < -0.39 is 10.0 Å². The summed E-state index contributed by atoms with van der Waals surface area (Å²) in [5.74, 6) is 0. The van der Waals surface area contributed by atoms with Gasteiger partial charge in [0, 0.05) is 11.4 Å². The molecule has 2 rings (SSSR count). The minimum Gasteiger partial charge on any atom is -0.399 e. The molecule has 0 aliphatic rings. The van der Waals surface area contributed by atoms with Crippen molar-refractivity contribution in [2.45, 2.75) is 32.6 Å². The van der Waals surface area contributed by atoms with Gasteiger partial charge in [-0.3, -0.25) is 4.72 Å². The van der Waals surface area contributed by atoms with E-state index in [1.165, 1.54) is 0 Å². The van der Waals surface area contributed by atoms with Crippen LogP contribution in [0.3, 0.4) is 0 Å². The zero-order valence-electron chi connectivity index (χ0n) is 12.7. The van der Waals surface area contributed by atoms with Gasteiger partial charge in [-0.25, -0.2) is 8.42 Å². The van der Waals surface area contributed by atoms with Crippen LogP contribution in [0.4, 0.5) is 11.4 Å². The van der Waals surface area contributed by atoms with Gasteiger partial charge in [-0.05, 0) is 74.2 Å². The van der Waals surface area contributed by atoms with E-state index in [1.54, 1.807) is 26.0 Å². The van der Waals surface area contributed by atoms with E-state index in [1.807, 2.05) is 32.0 Å². The monoisotopic (exact) mass is 304 g/mol. The fourth-order valence-electron chi connectivity index (χ4n) is 2.65. The van der Waals surface area contributed by atoms with Crippen LogP contribution < -0.4 is 10.5 Å². The van der Waals surface area contributed by atoms with Crippen LogP contribution in [-0.4, -0.2) is 8.42 Å². The highest BCUT2D eigenvalue weighted by Gasteiger charge is 2.20. The Hall–Kier alpha value is -2.01. The molecule has 21 heavy (non-hydrogen) atoms. The molecule has 0 unspecified atom stereocenters. The highest BCUT2D eigenvalue weighted by atomic mass is 32.2. The first-order chi connectivity index (χ1) is 9.69. The van der Waals surface area contributed by atoms with Crippen molar-refractivity contribution < 1.29 is 8.42 Å². The molecule has 3 N–H and O–H groups in total. The molecule has 0 aliphatic heterocycles. The predicted molar refractivity (Wildman–Crippen MR) is 87.1 cm³/mol. The molecule has 0 fully saturated rings. The average Bonchev–Trinajstić information content (AvgIpc) is 2.23. The molecule has 5 heteroatoms. The van der Waals surface area contributed by atoms with Gasteiger partial charge < -0.3 is 5.73 Å². The topological polar surface area (TPSA) is 72.2 Å². The number of hydrogen-bond donors (Lipinski definition) is 2. The summed E-state index contributed by atoms with van der Waals surface area (Å²) >= 11 is 0. The standard InChI is InChI=1S/C16H20N2O2S/c1-10-5-11(2)7-15(6-10)18-21(19,20)16-12(3)8-14(17)9-13(16)4/h5-9,18H,17H2,1-4H3. The Kier molecular flexibility index (Phi) is 3.96. The fraction of sp³-hybridized carbons (Fsp3) is 0.250. The maximum Gasteiger partial charge on any atom is 0.262 e. The van der Waals surface area contributed by atoms with Gasteiger partial charge in [0.15, 0.2) is 0 Å². The summed E-state index contributed by atoms with van der Waals surface area (Å²) in [6, 6.07) is 8.96. The average molecular weight is 304 g/mol. The third-order valence-electron chi connectivity index (χ3n) is 3.23. The van der Waals surface area contributed by atoms with Gasteiger partial charge >= 0.3 is 0 Å². The van der Waals surface area contributed by atoms with Crippen LogP contribution >= 0.6 is 0 Å². The van der Waals surface area contributed by atoms with Crippen LogP contribution in [0.5, 0.6) is 0 Å². The number of aryl methyl sites for hydroxylation is 4. The van der Waals surface area contributed by atoms with Crippen LogP contribution in [0, 0.1) is 27.7 Å². The van der Waals surface area contributed by atoms with Gasteiger partial charge in [0.05, 0.1) is 4.90 Å². The summed E-state index contributed by atoms with van der Waals surface area (Å²) in [5, 5.41) is 0. The zero-order chi connectivity index (χ0) is 15.8. The number of nitrogens with two attached hydrogens (primary N) is 1. The van der Waals surface area contributed by atoms with Crippen molar-refractivity contribution >= 4 is 21.4 Å². The molecular formula is C16H20N2O2S. The molecule has 0 saturated heterocycles. The van der Waals surface area contributed by atoms with Gasteiger partial charge in [-0.1, -0.05) is 6.07 Å². The molecule has 2 aromatic rings. The molecule has 0 bridgehead atoms. The SMILES string of the molecule is Cc1cc(C)cc(NS(=O)(=O)c2c(C)cc(N)cc2C)c1. The molecule has 0 spiro atoms. The second-order valence-electron chi connectivity index (χ2n) is 5.47. The minimum absolute atomic E-state index is 0.288. The zero-order valence-corrected chi connectivity index (χ0v) is 13.5. The van der Waals surface area contributed by atoms with E-state index in [2.05, 4.69) is 4.72 Å². The summed E-state index contributed by atoms with van der Waals surface area (Å²) in [6.07, 6.45) is 0. The normalized spacial score (nSPS) is 11.4. The first-order valence-corrected chi connectivity index (χ1v) is 8.15. The highest BCUT2D eigenvalue weighted by Crippen LogP contribution is 2.26. The molecule has 0 saturated carbocycles. The Labute approximate surface area is 126 Å². The van der Waals surface area contributed by atoms with E-state index in [0.29, 0.717) is 22.5 Å². The summed E-state index contributed by atoms with van der Waals surface area (Å²) in [5.41, 5.74) is 10.2. The van der Waals surface area contributed by atoms with Crippen LogP contribution in [0.15, 0.2) is 35.2 Å². The second kappa shape index (κ2) is 5.41. The Bertz CT molecular complexity index is 753. The second-order valence-corrected chi connectivity index (χ2v) is 7.08. The third-order valence-corrected chi connectivity index (χ3v) is 4.91. The van der Waals surface area contributed by atoms with E-state index in [9.17, 15) is 8.42 Å². The molecule has 112 valence electrons. The summed E-state index contributed by atoms with van der Waals surface area (Å²) < 4.78 is 27.9. The molecule has 0 radical (unpaired) electrons. The molecule has 0 aliphatic carbocycles. The molecule has 0 atom stereocenters. The van der Waals surface area contributed by atoms with Crippen molar-refractivity contribution in [3.05, 3.63) is 52.6 Å². The van der Waals surface area contributed by atoms with Gasteiger partial charge in [0.2, 0.25) is 0 Å². The lowest BCUT2D eigenvalue weighted by Gasteiger charge is -2.14. The third kappa shape index (κ3) is 3.36. The predicted octanol–water partition coefficient (Wildman–Crippen LogP) is 3.30. The molecule has 0 heterocycles. The largest absolute Gasteiger partial charge is 0.399 e. The quantitative estimate of drug-likeness (QED) is 0.855. The molecule has 0 amide bonds. The fourth-order valence-corrected chi connectivity index (χ4v) is 4.14. The van der Waals surface area contributed by atoms with Crippen molar-refractivity contribution in [2.24, 2.45) is 0 Å². The van der Waals surface area contributed by atoms with E-state index in [-0.39, 0.29) is 4.90 Å². The van der Waals surface area contributed by atoms with E-state index >= 15 is 0 Å². The van der Waals surface area contributed by atoms with Crippen molar-refractivity contribution in [1.82, 2.24) is 0 Å². The lowest BCUT2D eigenvalue weighted by Crippen LogP contribution is -2.16. The Morgan fingerprint density at radius 2 is 1.33 bits per heavy atom. The summed E-state index contributed by atoms with van der Waals surface area (Å²) in [4.78, 5) is 0.288. The first-order valence-electron chi connectivity index (χ1n) is 6.67. The van der Waals surface area contributed by atoms with Crippen molar-refractivity contribution in [3.8, 4) is 0 Å². The highest BCUT2D eigenvalue weighted by molar-refractivity contribution is 7.92. The van der Waals surface area contributed by atoms with Gasteiger partial charge in [-0.2, -0.15) is 0 Å². The molecular weight excluding hydrogens is 284 g/mol. The number of hydrogen-bond acceptors (Lipinski definition) is 3. The smallest absolute Gasteiger partial charge is 0.262 e. The van der Waals surface area contributed by atoms with Gasteiger partial charge in [-0.15, -0.1) is 0 Å². The van der Waals surface area contributed by atoms with Crippen LogP contribution in [0.2, 0.25) is 0 Å². The Morgan fingerprint density at radius 1 is 0.857 bits per heavy atom. The number of benzene rings is 2. The lowest BCUT2D eigenvalue weighted by atomic mass is 10.1. The van der Waals surface area contributed by atoms with E-state index in [0.717, 1.165) is 11.1 Å². The molecule has 4 nitrogen and oxygen atoms in total.